The van der Waals surface area contributed by atoms with E-state index in [1.807, 2.05) is 18.2 Å². The van der Waals surface area contributed by atoms with Crippen LogP contribution in [0.25, 0.3) is 0 Å². The van der Waals surface area contributed by atoms with Crippen molar-refractivity contribution in [1.29, 1.82) is 0 Å². The van der Waals surface area contributed by atoms with Crippen molar-refractivity contribution in [1.82, 2.24) is 0 Å². The van der Waals surface area contributed by atoms with Crippen LogP contribution >= 0.6 is 31.9 Å². The molecule has 2 N–H and O–H groups in total. The summed E-state index contributed by atoms with van der Waals surface area (Å²) in [6, 6.07) is 12.3. The van der Waals surface area contributed by atoms with Gasteiger partial charge in [-0.2, -0.15) is 0 Å². The molecule has 3 rings (SSSR count). The number of benzene rings is 2. The number of para-hydroxylation sites is 1. The Morgan fingerprint density at radius 1 is 0.944 bits per heavy atom. The highest BCUT2D eigenvalue weighted by atomic mass is 79.9. The second kappa shape index (κ2) is 4.59. The van der Waals surface area contributed by atoms with Crippen LogP contribution in [0, 0.1) is 0 Å². The third-order valence-corrected chi connectivity index (χ3v) is 4.55. The Hall–Kier alpha value is -1.000. The number of hydrogen-bond donors (Lipinski definition) is 1. The van der Waals surface area contributed by atoms with Crippen LogP contribution in [0.2, 0.25) is 0 Å². The fraction of sp³-hybridized carbons (Fsp3) is 0.143. The van der Waals surface area contributed by atoms with Crippen molar-refractivity contribution >= 4 is 43.2 Å². The summed E-state index contributed by atoms with van der Waals surface area (Å²) in [5.41, 5.74) is 10.7. The first-order valence-electron chi connectivity index (χ1n) is 5.72. The lowest BCUT2D eigenvalue weighted by Gasteiger charge is -2.21. The first kappa shape index (κ1) is 12.1. The van der Waals surface area contributed by atoms with Gasteiger partial charge >= 0.3 is 0 Å². The van der Waals surface area contributed by atoms with Gasteiger partial charge in [0.1, 0.15) is 0 Å². The average molecular weight is 368 g/mol. The molecule has 0 spiro atoms. The van der Waals surface area contributed by atoms with E-state index < -0.39 is 0 Å². The second-order valence-electron chi connectivity index (χ2n) is 4.41. The predicted octanol–water partition coefficient (Wildman–Crippen LogP) is 4.31. The van der Waals surface area contributed by atoms with Crippen LogP contribution in [0.15, 0.2) is 45.3 Å². The number of fused-ring (bicyclic) bond motifs is 1. The molecule has 0 amide bonds. The van der Waals surface area contributed by atoms with Gasteiger partial charge in [-0.3, -0.25) is 0 Å². The molecule has 1 aliphatic rings. The lowest BCUT2D eigenvalue weighted by Crippen LogP contribution is -2.15. The molecule has 2 aromatic carbocycles. The van der Waals surface area contributed by atoms with Gasteiger partial charge in [0.25, 0.3) is 0 Å². The fourth-order valence-electron chi connectivity index (χ4n) is 2.40. The van der Waals surface area contributed by atoms with Gasteiger partial charge in [0.05, 0.1) is 5.69 Å². The highest BCUT2D eigenvalue weighted by Gasteiger charge is 2.23. The van der Waals surface area contributed by atoms with Crippen molar-refractivity contribution in [3.05, 3.63) is 56.5 Å². The summed E-state index contributed by atoms with van der Waals surface area (Å²) in [6.07, 6.45) is 0. The number of nitrogen functional groups attached to an aromatic ring is 1. The lowest BCUT2D eigenvalue weighted by molar-refractivity contribution is 0.875. The smallest absolute Gasteiger partial charge is 0.0661 e. The van der Waals surface area contributed by atoms with Gasteiger partial charge in [-0.15, -0.1) is 0 Å². The summed E-state index contributed by atoms with van der Waals surface area (Å²) in [5, 5.41) is 0. The third kappa shape index (κ3) is 1.93. The molecule has 2 nitrogen and oxygen atoms in total. The number of nitrogens with zero attached hydrogens (tertiary/aromatic N) is 1. The van der Waals surface area contributed by atoms with Gasteiger partial charge in [0, 0.05) is 27.7 Å². The van der Waals surface area contributed by atoms with Crippen LogP contribution in [0.4, 0.5) is 11.4 Å². The molecule has 4 heteroatoms. The molecular weight excluding hydrogens is 356 g/mol. The Bertz CT molecular complexity index is 590. The summed E-state index contributed by atoms with van der Waals surface area (Å²) >= 11 is 7.24. The minimum Gasteiger partial charge on any atom is -0.398 e. The Morgan fingerprint density at radius 2 is 1.61 bits per heavy atom. The van der Waals surface area contributed by atoms with Crippen LogP contribution < -0.4 is 10.6 Å². The highest BCUT2D eigenvalue weighted by molar-refractivity contribution is 9.11. The number of hydrogen-bond acceptors (Lipinski definition) is 2. The van der Waals surface area contributed by atoms with Gasteiger partial charge in [-0.25, -0.2) is 0 Å². The molecule has 0 fully saturated rings. The van der Waals surface area contributed by atoms with Gasteiger partial charge in [0.15, 0.2) is 0 Å². The quantitative estimate of drug-likeness (QED) is 0.760. The number of halogens is 2. The molecule has 1 aliphatic heterocycles. The highest BCUT2D eigenvalue weighted by Crippen LogP contribution is 2.39. The van der Waals surface area contributed by atoms with E-state index in [4.69, 9.17) is 5.73 Å². The molecule has 0 aromatic heterocycles. The maximum absolute atomic E-state index is 6.04. The molecule has 0 saturated heterocycles. The van der Waals surface area contributed by atoms with Gasteiger partial charge in [0.2, 0.25) is 0 Å². The number of nitrogens with two attached hydrogens (primary N) is 1. The summed E-state index contributed by atoms with van der Waals surface area (Å²) in [5.74, 6) is 0. The molecule has 2 aromatic rings. The van der Waals surface area contributed by atoms with E-state index in [1.54, 1.807) is 0 Å². The Balaban J connectivity index is 2.02. The van der Waals surface area contributed by atoms with E-state index in [1.165, 1.54) is 16.8 Å². The Labute approximate surface area is 123 Å². The largest absolute Gasteiger partial charge is 0.398 e. The van der Waals surface area contributed by atoms with Crippen LogP contribution in [0.5, 0.6) is 0 Å². The average Bonchev–Trinajstić information content (AvgIpc) is 2.74. The SMILES string of the molecule is Nc1cccc2c1CN(c1c(Br)cccc1Br)C2. The Morgan fingerprint density at radius 3 is 2.28 bits per heavy atom. The summed E-state index contributed by atoms with van der Waals surface area (Å²) in [7, 11) is 0. The summed E-state index contributed by atoms with van der Waals surface area (Å²) in [4.78, 5) is 2.33. The maximum atomic E-state index is 6.04. The molecule has 0 aliphatic carbocycles. The normalized spacial score (nSPS) is 13.8. The zero-order valence-corrected chi connectivity index (χ0v) is 12.8. The third-order valence-electron chi connectivity index (χ3n) is 3.27. The van der Waals surface area contributed by atoms with Crippen LogP contribution in [-0.2, 0) is 13.1 Å². The van der Waals surface area contributed by atoms with E-state index in [0.717, 1.165) is 27.7 Å². The first-order valence-corrected chi connectivity index (χ1v) is 7.30. The summed E-state index contributed by atoms with van der Waals surface area (Å²) in [6.45, 7) is 1.77. The van der Waals surface area contributed by atoms with Crippen molar-refractivity contribution in [2.75, 3.05) is 10.6 Å². The minimum atomic E-state index is 0.864. The van der Waals surface area contributed by atoms with Crippen LogP contribution in [0.3, 0.4) is 0 Å². The number of rotatable bonds is 1. The molecule has 0 unspecified atom stereocenters. The molecule has 0 radical (unpaired) electrons. The zero-order chi connectivity index (χ0) is 12.7. The fourth-order valence-corrected chi connectivity index (χ4v) is 3.90. The van der Waals surface area contributed by atoms with Crippen molar-refractivity contribution < 1.29 is 0 Å². The van der Waals surface area contributed by atoms with E-state index in [2.05, 4.69) is 55.0 Å². The first-order chi connectivity index (χ1) is 8.66. The standard InChI is InChI=1S/C14H12Br2N2/c15-11-4-2-5-12(16)14(11)18-7-9-3-1-6-13(17)10(9)8-18/h1-6H,7-8,17H2. The van der Waals surface area contributed by atoms with Crippen molar-refractivity contribution in [3.63, 3.8) is 0 Å². The van der Waals surface area contributed by atoms with Gasteiger partial charge < -0.3 is 10.6 Å². The molecule has 0 saturated carbocycles. The van der Waals surface area contributed by atoms with Crippen molar-refractivity contribution in [3.8, 4) is 0 Å². The number of anilines is 2. The van der Waals surface area contributed by atoms with Crippen LogP contribution in [-0.4, -0.2) is 0 Å². The Kier molecular flexibility index (Phi) is 3.08. The molecule has 0 bridgehead atoms. The lowest BCUT2D eigenvalue weighted by atomic mass is 10.1. The zero-order valence-electron chi connectivity index (χ0n) is 9.66. The molecule has 18 heavy (non-hydrogen) atoms. The topological polar surface area (TPSA) is 29.3 Å². The summed E-state index contributed by atoms with van der Waals surface area (Å²) < 4.78 is 2.20. The van der Waals surface area contributed by atoms with Gasteiger partial charge in [-0.05, 0) is 61.2 Å². The van der Waals surface area contributed by atoms with E-state index >= 15 is 0 Å². The second-order valence-corrected chi connectivity index (χ2v) is 6.12. The van der Waals surface area contributed by atoms with E-state index in [-0.39, 0.29) is 0 Å². The monoisotopic (exact) mass is 366 g/mol. The predicted molar refractivity (Wildman–Crippen MR) is 82.6 cm³/mol. The molecule has 0 atom stereocenters. The minimum absolute atomic E-state index is 0.864. The van der Waals surface area contributed by atoms with Crippen LogP contribution in [0.1, 0.15) is 11.1 Å². The molecule has 92 valence electrons. The molecular formula is C14H12Br2N2. The van der Waals surface area contributed by atoms with Gasteiger partial charge in [-0.1, -0.05) is 18.2 Å². The van der Waals surface area contributed by atoms with E-state index in [0.29, 0.717) is 0 Å². The van der Waals surface area contributed by atoms with Crippen molar-refractivity contribution in [2.24, 2.45) is 0 Å². The van der Waals surface area contributed by atoms with Crippen molar-refractivity contribution in [2.45, 2.75) is 13.1 Å². The van der Waals surface area contributed by atoms with E-state index in [9.17, 15) is 0 Å². The maximum Gasteiger partial charge on any atom is 0.0661 e. The molecule has 1 heterocycles.